The van der Waals surface area contributed by atoms with E-state index >= 15 is 0 Å². The van der Waals surface area contributed by atoms with Crippen molar-refractivity contribution in [3.8, 4) is 0 Å². The lowest BCUT2D eigenvalue weighted by Crippen LogP contribution is -2.08. The van der Waals surface area contributed by atoms with Gasteiger partial charge in [0.1, 0.15) is 0 Å². The molecule has 0 radical (unpaired) electrons. The Bertz CT molecular complexity index is 170. The minimum absolute atomic E-state index is 0.432. The van der Waals surface area contributed by atoms with E-state index in [4.69, 9.17) is 0 Å². The zero-order valence-corrected chi connectivity index (χ0v) is 6.42. The quantitative estimate of drug-likeness (QED) is 0.417. The van der Waals surface area contributed by atoms with Crippen molar-refractivity contribution in [1.82, 2.24) is 4.90 Å². The highest BCUT2D eigenvalue weighted by Crippen LogP contribution is 1.81. The average molecular weight is 141 g/mol. The highest BCUT2D eigenvalue weighted by Gasteiger charge is 2.00. The molecule has 0 saturated heterocycles. The van der Waals surface area contributed by atoms with E-state index in [-0.39, 0.29) is 0 Å². The Hall–Kier alpha value is -1.12. The summed E-state index contributed by atoms with van der Waals surface area (Å²) in [6.45, 7) is 1.25. The Morgan fingerprint density at radius 3 is 2.10 bits per heavy atom. The topological polar surface area (TPSA) is 37.4 Å². The molecular formula is C7H11NO2. The zero-order chi connectivity index (χ0) is 8.15. The van der Waals surface area contributed by atoms with E-state index in [1.807, 2.05) is 0 Å². The Morgan fingerprint density at radius 1 is 1.30 bits per heavy atom. The molecule has 0 aromatic heterocycles. The summed E-state index contributed by atoms with van der Waals surface area (Å²) in [4.78, 5) is 22.6. The number of Topliss-reactive ketones (excluding diaryl/α,β-unsaturated/α-hetero) is 1. The molecule has 0 aliphatic heterocycles. The number of allylic oxidation sites excluding steroid dienone is 1. The second-order valence-electron chi connectivity index (χ2n) is 2.20. The highest BCUT2D eigenvalue weighted by molar-refractivity contribution is 6.40. The van der Waals surface area contributed by atoms with Crippen LogP contribution in [0.5, 0.6) is 0 Å². The molecule has 0 heterocycles. The van der Waals surface area contributed by atoms with Gasteiger partial charge in [0, 0.05) is 33.3 Å². The molecule has 0 aliphatic carbocycles. The van der Waals surface area contributed by atoms with Crippen LogP contribution in [0.3, 0.4) is 0 Å². The minimum Gasteiger partial charge on any atom is -0.383 e. The van der Waals surface area contributed by atoms with E-state index in [1.165, 1.54) is 13.0 Å². The number of hydrogen-bond acceptors (Lipinski definition) is 3. The predicted octanol–water partition coefficient (Wildman–Crippen LogP) is 0.220. The van der Waals surface area contributed by atoms with Gasteiger partial charge in [0.25, 0.3) is 0 Å². The van der Waals surface area contributed by atoms with Crippen molar-refractivity contribution in [3.63, 3.8) is 0 Å². The molecule has 0 amide bonds. The lowest BCUT2D eigenvalue weighted by Gasteiger charge is -2.01. The molecule has 0 unspecified atom stereocenters. The fourth-order valence-corrected chi connectivity index (χ4v) is 0.334. The van der Waals surface area contributed by atoms with E-state index in [9.17, 15) is 9.59 Å². The third-order valence-corrected chi connectivity index (χ3v) is 0.871. The van der Waals surface area contributed by atoms with Gasteiger partial charge in [-0.3, -0.25) is 9.59 Å². The lowest BCUT2D eigenvalue weighted by atomic mass is 10.3. The number of carbonyl (C=O) groups excluding carboxylic acids is 2. The normalized spacial score (nSPS) is 9.90. The van der Waals surface area contributed by atoms with Crippen molar-refractivity contribution in [2.45, 2.75) is 6.92 Å². The monoisotopic (exact) mass is 141 g/mol. The molecule has 0 atom stereocenters. The molecule has 0 fully saturated rings. The first kappa shape index (κ1) is 8.88. The molecule has 0 spiro atoms. The van der Waals surface area contributed by atoms with Gasteiger partial charge in [0.05, 0.1) is 0 Å². The molecule has 56 valence electrons. The van der Waals surface area contributed by atoms with Crippen LogP contribution in [-0.2, 0) is 9.59 Å². The zero-order valence-electron chi connectivity index (χ0n) is 6.42. The number of ketones is 2. The van der Waals surface area contributed by atoms with Crippen molar-refractivity contribution in [2.75, 3.05) is 14.1 Å². The van der Waals surface area contributed by atoms with Gasteiger partial charge in [-0.05, 0) is 0 Å². The van der Waals surface area contributed by atoms with Crippen molar-refractivity contribution < 1.29 is 9.59 Å². The molecule has 0 rings (SSSR count). The van der Waals surface area contributed by atoms with Gasteiger partial charge >= 0.3 is 0 Å². The third-order valence-electron chi connectivity index (χ3n) is 0.871. The van der Waals surface area contributed by atoms with Crippen LogP contribution in [0.15, 0.2) is 12.3 Å². The van der Waals surface area contributed by atoms with Crippen molar-refractivity contribution in [1.29, 1.82) is 0 Å². The number of nitrogens with zero attached hydrogens (tertiary/aromatic N) is 1. The first-order valence-electron chi connectivity index (χ1n) is 2.93. The summed E-state index contributed by atoms with van der Waals surface area (Å²) >= 11 is 0. The smallest absolute Gasteiger partial charge is 0.222 e. The van der Waals surface area contributed by atoms with E-state index in [1.54, 1.807) is 25.2 Å². The van der Waals surface area contributed by atoms with Gasteiger partial charge in [-0.2, -0.15) is 0 Å². The van der Waals surface area contributed by atoms with Crippen LogP contribution in [-0.4, -0.2) is 30.6 Å². The molecule has 0 N–H and O–H groups in total. The molecule has 3 heteroatoms. The van der Waals surface area contributed by atoms with Gasteiger partial charge in [-0.25, -0.2) is 0 Å². The van der Waals surface area contributed by atoms with Crippen LogP contribution < -0.4 is 0 Å². The van der Waals surface area contributed by atoms with E-state index in [2.05, 4.69) is 0 Å². The van der Waals surface area contributed by atoms with Crippen LogP contribution in [0.1, 0.15) is 6.92 Å². The average Bonchev–Trinajstić information content (AvgIpc) is 1.82. The molecule has 3 nitrogen and oxygen atoms in total. The summed E-state index contributed by atoms with van der Waals surface area (Å²) in [5, 5.41) is 0. The number of carbonyl (C=O) groups is 2. The highest BCUT2D eigenvalue weighted by atomic mass is 16.2. The maximum Gasteiger partial charge on any atom is 0.222 e. The molecule has 10 heavy (non-hydrogen) atoms. The predicted molar refractivity (Wildman–Crippen MR) is 38.5 cm³/mol. The largest absolute Gasteiger partial charge is 0.383 e. The molecule has 0 saturated carbocycles. The van der Waals surface area contributed by atoms with Crippen molar-refractivity contribution in [3.05, 3.63) is 12.3 Å². The first-order chi connectivity index (χ1) is 4.54. The lowest BCUT2D eigenvalue weighted by molar-refractivity contribution is -0.132. The second kappa shape index (κ2) is 3.82. The van der Waals surface area contributed by atoms with Gasteiger partial charge in [0.2, 0.25) is 5.78 Å². The summed E-state index contributed by atoms with van der Waals surface area (Å²) in [7, 11) is 3.56. The summed E-state index contributed by atoms with van der Waals surface area (Å²) in [5.41, 5.74) is 0. The molecule has 0 aromatic rings. The molecule has 0 bridgehead atoms. The Balaban J connectivity index is 3.91. The maximum atomic E-state index is 10.6. The van der Waals surface area contributed by atoms with Gasteiger partial charge in [-0.15, -0.1) is 0 Å². The van der Waals surface area contributed by atoms with E-state index in [0.29, 0.717) is 0 Å². The summed E-state index contributed by atoms with van der Waals surface area (Å²) in [6, 6.07) is 0. The second-order valence-corrected chi connectivity index (χ2v) is 2.20. The molecule has 0 aliphatic rings. The Labute approximate surface area is 60.3 Å². The summed E-state index contributed by atoms with van der Waals surface area (Å²) < 4.78 is 0. The van der Waals surface area contributed by atoms with Gasteiger partial charge in [-0.1, -0.05) is 0 Å². The van der Waals surface area contributed by atoms with Crippen LogP contribution >= 0.6 is 0 Å². The number of hydrogen-bond donors (Lipinski definition) is 0. The minimum atomic E-state index is -0.464. The number of rotatable bonds is 3. The van der Waals surface area contributed by atoms with Crippen LogP contribution in [0.25, 0.3) is 0 Å². The fraction of sp³-hybridized carbons (Fsp3) is 0.429. The molecule has 0 aromatic carbocycles. The standard InChI is InChI=1S/C7H11NO2/c1-6(9)7(10)4-5-8(2)3/h4-5H,1-3H3/b5-4+. The van der Waals surface area contributed by atoms with Crippen LogP contribution in [0.4, 0.5) is 0 Å². The van der Waals surface area contributed by atoms with Gasteiger partial charge in [0.15, 0.2) is 5.78 Å². The van der Waals surface area contributed by atoms with E-state index in [0.717, 1.165) is 0 Å². The maximum absolute atomic E-state index is 10.6. The van der Waals surface area contributed by atoms with E-state index < -0.39 is 11.6 Å². The van der Waals surface area contributed by atoms with Crippen molar-refractivity contribution >= 4 is 11.6 Å². The van der Waals surface area contributed by atoms with Crippen molar-refractivity contribution in [2.24, 2.45) is 0 Å². The van der Waals surface area contributed by atoms with Crippen LogP contribution in [0, 0.1) is 0 Å². The third kappa shape index (κ3) is 3.83. The SMILES string of the molecule is CC(=O)C(=O)/C=C/N(C)C. The summed E-state index contributed by atoms with van der Waals surface area (Å²) in [6.07, 6.45) is 2.80. The Kier molecular flexibility index (Phi) is 3.39. The Morgan fingerprint density at radius 2 is 1.80 bits per heavy atom. The molecular weight excluding hydrogens is 130 g/mol. The van der Waals surface area contributed by atoms with Crippen LogP contribution in [0.2, 0.25) is 0 Å². The first-order valence-corrected chi connectivity index (χ1v) is 2.93. The fourth-order valence-electron chi connectivity index (χ4n) is 0.334. The van der Waals surface area contributed by atoms with Gasteiger partial charge < -0.3 is 4.90 Å². The summed E-state index contributed by atoms with van der Waals surface area (Å²) in [5.74, 6) is -0.896.